The molecule has 0 aliphatic rings. The van der Waals surface area contributed by atoms with Gasteiger partial charge in [0.1, 0.15) is 12.1 Å². The normalized spacial score (nSPS) is 10.4. The first-order valence-corrected chi connectivity index (χ1v) is 6.13. The summed E-state index contributed by atoms with van der Waals surface area (Å²) in [4.78, 5) is 24.2. The van der Waals surface area contributed by atoms with E-state index in [4.69, 9.17) is 9.52 Å². The molecule has 0 spiro atoms. The summed E-state index contributed by atoms with van der Waals surface area (Å²) >= 11 is 0. The number of aliphatic carboxylic acids is 1. The number of amides is 1. The van der Waals surface area contributed by atoms with Crippen LogP contribution in [0.3, 0.4) is 0 Å². The molecule has 0 atom stereocenters. The lowest BCUT2D eigenvalue weighted by molar-refractivity contribution is -0.137. The zero-order chi connectivity index (χ0) is 14.7. The van der Waals surface area contributed by atoms with Gasteiger partial charge in [0.15, 0.2) is 5.76 Å². The molecular formula is C15H15NO4. The highest BCUT2D eigenvalue weighted by Gasteiger charge is 2.21. The Morgan fingerprint density at radius 3 is 2.80 bits per heavy atom. The van der Waals surface area contributed by atoms with Crippen LogP contribution >= 0.6 is 0 Å². The summed E-state index contributed by atoms with van der Waals surface area (Å²) in [5.41, 5.74) is 1.67. The summed E-state index contributed by atoms with van der Waals surface area (Å²) < 4.78 is 5.48. The van der Waals surface area contributed by atoms with Crippen molar-refractivity contribution in [2.75, 3.05) is 13.1 Å². The molecule has 0 saturated carbocycles. The van der Waals surface area contributed by atoms with Gasteiger partial charge in [-0.1, -0.05) is 17.7 Å². The monoisotopic (exact) mass is 273 g/mol. The van der Waals surface area contributed by atoms with Gasteiger partial charge in [0.05, 0.1) is 0 Å². The molecule has 0 bridgehead atoms. The Labute approximate surface area is 116 Å². The molecule has 104 valence electrons. The molecule has 0 fully saturated rings. The van der Waals surface area contributed by atoms with E-state index in [1.165, 1.54) is 11.0 Å². The summed E-state index contributed by atoms with van der Waals surface area (Å²) in [6.07, 6.45) is 1.48. The van der Waals surface area contributed by atoms with E-state index in [1.54, 1.807) is 12.1 Å². The molecule has 0 aliphatic heterocycles. The van der Waals surface area contributed by atoms with Crippen LogP contribution in [0, 0.1) is 6.92 Å². The summed E-state index contributed by atoms with van der Waals surface area (Å²) in [5.74, 6) is -1.40. The van der Waals surface area contributed by atoms with Crippen molar-refractivity contribution in [2.24, 2.45) is 0 Å². The molecule has 0 radical (unpaired) electrons. The maximum absolute atomic E-state index is 12.2. The average molecular weight is 273 g/mol. The predicted octanol–water partition coefficient (Wildman–Crippen LogP) is 2.45. The minimum Gasteiger partial charge on any atom is -0.480 e. The van der Waals surface area contributed by atoms with Crippen molar-refractivity contribution in [1.82, 2.24) is 4.90 Å². The van der Waals surface area contributed by atoms with Crippen molar-refractivity contribution in [3.8, 4) is 0 Å². The molecule has 1 aromatic carbocycles. The lowest BCUT2D eigenvalue weighted by atomic mass is 10.2. The van der Waals surface area contributed by atoms with Crippen LogP contribution < -0.4 is 0 Å². The molecule has 2 rings (SSSR count). The number of benzene rings is 1. The van der Waals surface area contributed by atoms with Crippen molar-refractivity contribution >= 4 is 22.8 Å². The van der Waals surface area contributed by atoms with E-state index in [9.17, 15) is 9.59 Å². The van der Waals surface area contributed by atoms with Crippen LogP contribution in [0.1, 0.15) is 16.1 Å². The minimum atomic E-state index is -1.08. The fourth-order valence-corrected chi connectivity index (χ4v) is 1.96. The molecule has 5 heteroatoms. The zero-order valence-electron chi connectivity index (χ0n) is 11.1. The van der Waals surface area contributed by atoms with Crippen molar-refractivity contribution in [1.29, 1.82) is 0 Å². The number of fused-ring (bicyclic) bond motifs is 1. The van der Waals surface area contributed by atoms with Gasteiger partial charge in [-0.25, -0.2) is 0 Å². The van der Waals surface area contributed by atoms with E-state index < -0.39 is 11.9 Å². The van der Waals surface area contributed by atoms with E-state index in [0.29, 0.717) is 5.58 Å². The third-order valence-corrected chi connectivity index (χ3v) is 2.85. The van der Waals surface area contributed by atoms with Gasteiger partial charge in [0.25, 0.3) is 5.91 Å². The third kappa shape index (κ3) is 2.88. The number of rotatable bonds is 5. The van der Waals surface area contributed by atoms with Gasteiger partial charge in [0, 0.05) is 11.9 Å². The number of aryl methyl sites for hydroxylation is 1. The Hall–Kier alpha value is -2.56. The lowest BCUT2D eigenvalue weighted by Crippen LogP contribution is -2.35. The molecule has 1 aromatic heterocycles. The topological polar surface area (TPSA) is 70.8 Å². The number of nitrogens with zero attached hydrogens (tertiary/aromatic N) is 1. The SMILES string of the molecule is C=CCN(CC(=O)O)C(=O)c1cc2cc(C)ccc2o1. The number of carbonyl (C=O) groups excluding carboxylic acids is 1. The quantitative estimate of drug-likeness (QED) is 0.849. The molecule has 2 aromatic rings. The Kier molecular flexibility index (Phi) is 3.89. The number of carbonyl (C=O) groups is 2. The number of furan rings is 1. The number of carboxylic acids is 1. The largest absolute Gasteiger partial charge is 0.480 e. The third-order valence-electron chi connectivity index (χ3n) is 2.85. The Bertz CT molecular complexity index is 672. The van der Waals surface area contributed by atoms with Crippen LogP contribution in [-0.2, 0) is 4.79 Å². The van der Waals surface area contributed by atoms with Gasteiger partial charge in [0.2, 0.25) is 0 Å². The van der Waals surface area contributed by atoms with Gasteiger partial charge in [-0.15, -0.1) is 6.58 Å². The van der Waals surface area contributed by atoms with E-state index in [-0.39, 0.29) is 18.8 Å². The highest BCUT2D eigenvalue weighted by atomic mass is 16.4. The molecule has 20 heavy (non-hydrogen) atoms. The maximum Gasteiger partial charge on any atom is 0.323 e. The Morgan fingerprint density at radius 2 is 2.15 bits per heavy atom. The Balaban J connectivity index is 2.32. The maximum atomic E-state index is 12.2. The number of carboxylic acid groups (broad SMARTS) is 1. The number of hydrogen-bond donors (Lipinski definition) is 1. The van der Waals surface area contributed by atoms with Crippen LogP contribution in [0.4, 0.5) is 0 Å². The molecule has 1 N–H and O–H groups in total. The predicted molar refractivity (Wildman–Crippen MR) is 74.7 cm³/mol. The van der Waals surface area contributed by atoms with Crippen LogP contribution in [0.2, 0.25) is 0 Å². The van der Waals surface area contributed by atoms with Crippen LogP contribution in [0.25, 0.3) is 11.0 Å². The Morgan fingerprint density at radius 1 is 1.40 bits per heavy atom. The van der Waals surface area contributed by atoms with E-state index in [0.717, 1.165) is 10.9 Å². The van der Waals surface area contributed by atoms with Crippen molar-refractivity contribution in [2.45, 2.75) is 6.92 Å². The second-order valence-corrected chi connectivity index (χ2v) is 4.52. The zero-order valence-corrected chi connectivity index (χ0v) is 11.1. The lowest BCUT2D eigenvalue weighted by Gasteiger charge is -2.16. The summed E-state index contributed by atoms with van der Waals surface area (Å²) in [5, 5.41) is 9.65. The van der Waals surface area contributed by atoms with Gasteiger partial charge in [-0.05, 0) is 25.1 Å². The highest BCUT2D eigenvalue weighted by Crippen LogP contribution is 2.21. The standard InChI is InChI=1S/C15H15NO4/c1-3-6-16(9-14(17)18)15(19)13-8-11-7-10(2)4-5-12(11)20-13/h3-5,7-8H,1,6,9H2,2H3,(H,17,18). The smallest absolute Gasteiger partial charge is 0.323 e. The average Bonchev–Trinajstić information content (AvgIpc) is 2.79. The fraction of sp³-hybridized carbons (Fsp3) is 0.200. The molecule has 5 nitrogen and oxygen atoms in total. The first-order chi connectivity index (χ1) is 9.51. The van der Waals surface area contributed by atoms with Gasteiger partial charge in [-0.2, -0.15) is 0 Å². The molecule has 1 heterocycles. The second-order valence-electron chi connectivity index (χ2n) is 4.52. The fourth-order valence-electron chi connectivity index (χ4n) is 1.96. The molecule has 0 aliphatic carbocycles. The van der Waals surface area contributed by atoms with E-state index >= 15 is 0 Å². The minimum absolute atomic E-state index is 0.133. The summed E-state index contributed by atoms with van der Waals surface area (Å²) in [7, 11) is 0. The van der Waals surface area contributed by atoms with Crippen molar-refractivity contribution in [3.63, 3.8) is 0 Å². The van der Waals surface area contributed by atoms with Crippen LogP contribution in [0.5, 0.6) is 0 Å². The first kappa shape index (κ1) is 13.9. The van der Waals surface area contributed by atoms with Crippen LogP contribution in [-0.4, -0.2) is 35.0 Å². The van der Waals surface area contributed by atoms with E-state index in [1.807, 2.05) is 19.1 Å². The van der Waals surface area contributed by atoms with Gasteiger partial charge in [-0.3, -0.25) is 9.59 Å². The van der Waals surface area contributed by atoms with Crippen molar-refractivity contribution in [3.05, 3.63) is 48.2 Å². The molecular weight excluding hydrogens is 258 g/mol. The summed E-state index contributed by atoms with van der Waals surface area (Å²) in [6.45, 7) is 5.23. The molecule has 0 saturated heterocycles. The van der Waals surface area contributed by atoms with Gasteiger partial charge >= 0.3 is 5.97 Å². The van der Waals surface area contributed by atoms with E-state index in [2.05, 4.69) is 6.58 Å². The number of hydrogen-bond acceptors (Lipinski definition) is 3. The van der Waals surface area contributed by atoms with Crippen molar-refractivity contribution < 1.29 is 19.1 Å². The van der Waals surface area contributed by atoms with Gasteiger partial charge < -0.3 is 14.4 Å². The first-order valence-electron chi connectivity index (χ1n) is 6.13. The molecule has 1 amide bonds. The summed E-state index contributed by atoms with van der Waals surface area (Å²) in [6, 6.07) is 7.21. The molecule has 0 unspecified atom stereocenters. The van der Waals surface area contributed by atoms with Crippen LogP contribution in [0.15, 0.2) is 41.3 Å². The second kappa shape index (κ2) is 5.61. The highest BCUT2D eigenvalue weighted by molar-refractivity contribution is 5.97.